The Bertz CT molecular complexity index is 10.8. The number of hydrogen-bond donors (Lipinski definition) is 0. The molecule has 0 spiro atoms. The van der Waals surface area contributed by atoms with E-state index in [9.17, 15) is 0 Å². The zero-order chi connectivity index (χ0) is 2.00. The molecule has 0 aromatic carbocycles. The van der Waals surface area contributed by atoms with Crippen molar-refractivity contribution in [1.82, 2.24) is 0 Å². The van der Waals surface area contributed by atoms with E-state index in [0.717, 1.165) is 0 Å². The van der Waals surface area contributed by atoms with Crippen LogP contribution in [-0.2, 0) is 0 Å². The van der Waals surface area contributed by atoms with Crippen molar-refractivity contribution in [2.75, 3.05) is 0 Å². The molecule has 0 aromatic rings. The maximum Gasteiger partial charge on any atom is 1.00 e. The molecule has 0 heterocycles. The fourth-order valence-corrected chi connectivity index (χ4v) is 0. The molecule has 0 unspecified atom stereocenters. The molecule has 0 aliphatic rings. The zero-order valence-corrected chi connectivity index (χ0v) is 6.95. The monoisotopic (exact) mass is 72.0 g/mol. The van der Waals surface area contributed by atoms with E-state index in [1.165, 1.54) is 0 Å². The molecule has 0 aliphatic carbocycles. The van der Waals surface area contributed by atoms with E-state index in [1.807, 2.05) is 0 Å². The largest absolute Gasteiger partial charge is 1.00 e. The summed E-state index contributed by atoms with van der Waals surface area (Å²) in [6.45, 7) is 4.75. The third-order valence-corrected chi connectivity index (χ3v) is 0. The van der Waals surface area contributed by atoms with Crippen LogP contribution in [0.3, 0.4) is 0 Å². The second-order valence-corrected chi connectivity index (χ2v) is 0. The van der Waals surface area contributed by atoms with Crippen molar-refractivity contribution in [1.29, 1.82) is 5.26 Å². The quantitative estimate of drug-likeness (QED) is 0.217. The molecule has 0 atom stereocenters. The Labute approximate surface area is 70.0 Å². The van der Waals surface area contributed by atoms with Crippen LogP contribution in [0.5, 0.6) is 0 Å². The third kappa shape index (κ3) is 9.75. The molecule has 11 valence electrons. The zero-order valence-electron chi connectivity index (χ0n) is 2.95. The number of nitrogens with zero attached hydrogens (tertiary/aromatic N) is 1. The predicted molar refractivity (Wildman–Crippen MR) is 10.7 cm³/mol. The molecule has 0 fully saturated rings. The van der Waals surface area contributed by atoms with Gasteiger partial charge in [-0.25, -0.2) is 0 Å². The Kier molecular flexibility index (Phi) is 110. The van der Waals surface area contributed by atoms with Crippen LogP contribution >= 0.6 is 0 Å². The van der Waals surface area contributed by atoms with Gasteiger partial charge in [-0.05, 0) is 0 Å². The van der Waals surface area contributed by atoms with Crippen molar-refractivity contribution in [3.8, 4) is 0 Å². The van der Waals surface area contributed by atoms with Crippen molar-refractivity contribution < 1.29 is 29.6 Å². The first-order valence-electron chi connectivity index (χ1n) is 0.224. The smallest absolute Gasteiger partial charge is 0.512 e. The van der Waals surface area contributed by atoms with Crippen LogP contribution in [0.25, 0.3) is 0 Å². The summed E-state index contributed by atoms with van der Waals surface area (Å²) in [6, 6.07) is 0. The third-order valence-electron chi connectivity index (χ3n) is 0. The Balaban J connectivity index is -0.00000000500. The number of rotatable bonds is 0. The molecule has 0 saturated heterocycles. The van der Waals surface area contributed by atoms with Gasteiger partial charge in [0.1, 0.15) is 0 Å². The van der Waals surface area contributed by atoms with Crippen LogP contribution in [-0.4, -0.2) is 29.6 Å². The van der Waals surface area contributed by atoms with Gasteiger partial charge in [0.15, 0.2) is 0 Å². The summed E-state index contributed by atoms with van der Waals surface area (Å²) >= 11 is 0. The second kappa shape index (κ2) is 24.6. The van der Waals surface area contributed by atoms with Gasteiger partial charge in [0.25, 0.3) is 0 Å². The van der Waals surface area contributed by atoms with Gasteiger partial charge in [0.2, 0.25) is 0 Å². The Hall–Kier alpha value is 1.49. The first-order valence-corrected chi connectivity index (χ1v) is 0.224. The maximum atomic E-state index is 6.25. The molecule has 0 rings (SSSR count). The van der Waals surface area contributed by atoms with Crippen LogP contribution in [0.1, 0.15) is 0 Å². The first kappa shape index (κ1) is 17.9. The van der Waals surface area contributed by atoms with E-state index in [1.54, 1.807) is 0 Å². The number of hydrogen-bond acceptors (Lipinski definition) is 1. The Morgan fingerprint density at radius 3 is 1.25 bits per heavy atom. The predicted octanol–water partition coefficient (Wildman–Crippen LogP) is -3.28. The molecule has 0 bridgehead atoms. The molecule has 3 heteroatoms. The summed E-state index contributed by atoms with van der Waals surface area (Å²) < 4.78 is 0. The van der Waals surface area contributed by atoms with Crippen LogP contribution < -0.4 is 29.6 Å². The fourth-order valence-electron chi connectivity index (χ4n) is 0. The van der Waals surface area contributed by atoms with Gasteiger partial charge in [-0.2, -0.15) is 0 Å². The van der Waals surface area contributed by atoms with Crippen molar-refractivity contribution in [2.24, 2.45) is 0 Å². The van der Waals surface area contributed by atoms with Gasteiger partial charge in [-0.3, -0.25) is 0 Å². The van der Waals surface area contributed by atoms with E-state index >= 15 is 0 Å². The average molecular weight is 72.0 g/mol. The summed E-state index contributed by atoms with van der Waals surface area (Å²) in [6.07, 6.45) is 0. The van der Waals surface area contributed by atoms with Crippen LogP contribution in [0, 0.1) is 11.8 Å². The minimum atomic E-state index is 0. The van der Waals surface area contributed by atoms with Crippen LogP contribution in [0.2, 0.25) is 0 Å². The summed E-state index contributed by atoms with van der Waals surface area (Å²) in [4.78, 5) is 0. The van der Waals surface area contributed by atoms with Gasteiger partial charge in [-0.15, -0.1) is 0 Å². The average Bonchev–Trinajstić information content (AvgIpc) is 1.00. The molecule has 4 heavy (non-hydrogen) atoms. The molecule has 0 N–H and O–H groups in total. The van der Waals surface area contributed by atoms with Gasteiger partial charge >= 0.3 is 29.6 Å². The first-order chi connectivity index (χ1) is 1.00. The normalized spacial score (nSPS) is 0.500. The molecule has 0 amide bonds. The van der Waals surface area contributed by atoms with Gasteiger partial charge in [0, 0.05) is 29.6 Å². The van der Waals surface area contributed by atoms with E-state index in [0.29, 0.717) is 0 Å². The van der Waals surface area contributed by atoms with Crippen LogP contribution in [0.4, 0.5) is 0 Å². The van der Waals surface area contributed by atoms with Gasteiger partial charge in [0.05, 0.1) is 0 Å². The van der Waals surface area contributed by atoms with E-state index in [-0.39, 0.29) is 59.1 Å². The minimum Gasteiger partial charge on any atom is -0.512 e. The molecule has 1 radical (unpaired) electrons. The van der Waals surface area contributed by atoms with Crippen molar-refractivity contribution in [3.63, 3.8) is 0 Å². The van der Waals surface area contributed by atoms with Crippen molar-refractivity contribution in [2.45, 2.75) is 0 Å². The summed E-state index contributed by atoms with van der Waals surface area (Å²) in [5, 5.41) is 6.25. The second-order valence-electron chi connectivity index (χ2n) is 0. The molecule has 0 saturated carbocycles. The molecular weight excluding hydrogens is 72.0 g/mol. The SMILES string of the molecule is [C-]#N.[Na+].[Na]. The van der Waals surface area contributed by atoms with E-state index in [2.05, 4.69) is 0 Å². The molecule has 0 aromatic heterocycles. The molecule has 0 aliphatic heterocycles. The van der Waals surface area contributed by atoms with E-state index in [4.69, 9.17) is 11.8 Å². The summed E-state index contributed by atoms with van der Waals surface area (Å²) in [5.74, 6) is 0. The van der Waals surface area contributed by atoms with Gasteiger partial charge < -0.3 is 11.8 Å². The Morgan fingerprint density at radius 1 is 1.25 bits per heavy atom. The van der Waals surface area contributed by atoms with Crippen LogP contribution in [0.15, 0.2) is 0 Å². The standard InChI is InChI=1S/CN.2Na/c1-2;;/q-1;;+1. The minimum absolute atomic E-state index is 0. The van der Waals surface area contributed by atoms with E-state index < -0.39 is 0 Å². The molecule has 1 nitrogen and oxygen atoms in total. The Morgan fingerprint density at radius 2 is 1.25 bits per heavy atom. The van der Waals surface area contributed by atoms with Crippen molar-refractivity contribution in [3.05, 3.63) is 6.57 Å². The molecular formula is CNNa2. The fraction of sp³-hybridized carbons (Fsp3) is 0. The summed E-state index contributed by atoms with van der Waals surface area (Å²) in [5.41, 5.74) is 0. The topological polar surface area (TPSA) is 23.8 Å². The summed E-state index contributed by atoms with van der Waals surface area (Å²) in [7, 11) is 0. The van der Waals surface area contributed by atoms with Gasteiger partial charge in [-0.1, -0.05) is 0 Å². The maximum absolute atomic E-state index is 6.25. The van der Waals surface area contributed by atoms with Crippen molar-refractivity contribution >= 4 is 29.6 Å².